The Morgan fingerprint density at radius 2 is 1.55 bits per heavy atom. The molecule has 4 unspecified atom stereocenters. The van der Waals surface area contributed by atoms with Crippen molar-refractivity contribution in [1.29, 1.82) is 0 Å². The highest BCUT2D eigenvalue weighted by Gasteiger charge is 2.38. The number of morpholine rings is 2. The molecule has 7 heteroatoms. The van der Waals surface area contributed by atoms with Crippen LogP contribution >= 0.6 is 0 Å². The minimum absolute atomic E-state index is 0.0168. The van der Waals surface area contributed by atoms with Gasteiger partial charge in [-0.3, -0.25) is 0 Å². The Morgan fingerprint density at radius 3 is 1.82 bits per heavy atom. The van der Waals surface area contributed by atoms with Crippen molar-refractivity contribution in [2.75, 3.05) is 39.4 Å². The van der Waals surface area contributed by atoms with Gasteiger partial charge in [0.2, 0.25) is 0 Å². The summed E-state index contributed by atoms with van der Waals surface area (Å²) in [6.07, 6.45) is 1.59. The lowest BCUT2D eigenvalue weighted by molar-refractivity contribution is -0.0668. The van der Waals surface area contributed by atoms with Gasteiger partial charge in [0.1, 0.15) is 0 Å². The van der Waals surface area contributed by atoms with E-state index in [1.165, 1.54) is 0 Å². The fourth-order valence-corrected chi connectivity index (χ4v) is 3.52. The number of nitrogens with zero attached hydrogens (tertiary/aromatic N) is 1. The summed E-state index contributed by atoms with van der Waals surface area (Å²) in [5.41, 5.74) is 5.74. The lowest BCUT2D eigenvalue weighted by Crippen LogP contribution is -2.62. The molecule has 0 saturated carbocycles. The third kappa shape index (κ3) is 4.10. The molecule has 7 nitrogen and oxygen atoms in total. The standard InChI is InChI=1S/C15H30N4O3/c1-3-11(13-9-17-5-7-21-13)19(15(16)20)12(4-2)14-10-18-6-8-22-14/h11-14,17-18H,3-10H2,1-2H3,(H2,16,20). The van der Waals surface area contributed by atoms with Crippen LogP contribution in [0.1, 0.15) is 26.7 Å². The van der Waals surface area contributed by atoms with E-state index in [9.17, 15) is 4.79 Å². The number of hydrogen-bond acceptors (Lipinski definition) is 5. The summed E-state index contributed by atoms with van der Waals surface area (Å²) in [7, 11) is 0. The van der Waals surface area contributed by atoms with Gasteiger partial charge < -0.3 is 30.7 Å². The molecule has 0 aromatic heterocycles. The van der Waals surface area contributed by atoms with Crippen molar-refractivity contribution in [3.63, 3.8) is 0 Å². The number of rotatable bonds is 6. The molecule has 0 aromatic carbocycles. The average molecular weight is 314 g/mol. The number of amides is 2. The maximum atomic E-state index is 12.2. The third-order valence-electron chi connectivity index (χ3n) is 4.58. The minimum atomic E-state index is -0.387. The molecular weight excluding hydrogens is 284 g/mol. The van der Waals surface area contributed by atoms with Gasteiger partial charge in [0.25, 0.3) is 0 Å². The van der Waals surface area contributed by atoms with Crippen LogP contribution in [0.25, 0.3) is 0 Å². The van der Waals surface area contributed by atoms with Crippen LogP contribution in [0, 0.1) is 0 Å². The average Bonchev–Trinajstić information content (AvgIpc) is 2.56. The topological polar surface area (TPSA) is 88.9 Å². The Morgan fingerprint density at radius 1 is 1.09 bits per heavy atom. The molecule has 2 aliphatic heterocycles. The molecule has 0 radical (unpaired) electrons. The largest absolute Gasteiger partial charge is 0.373 e. The second-order valence-corrected chi connectivity index (χ2v) is 5.92. The summed E-state index contributed by atoms with van der Waals surface area (Å²) in [5, 5.41) is 6.67. The second kappa shape index (κ2) is 8.67. The molecule has 2 saturated heterocycles. The van der Waals surface area contributed by atoms with Gasteiger partial charge in [-0.05, 0) is 12.8 Å². The van der Waals surface area contributed by atoms with E-state index in [4.69, 9.17) is 15.2 Å². The zero-order chi connectivity index (χ0) is 15.9. The number of ether oxygens (including phenoxy) is 2. The van der Waals surface area contributed by atoms with Crippen molar-refractivity contribution < 1.29 is 14.3 Å². The highest BCUT2D eigenvalue weighted by Crippen LogP contribution is 2.22. The molecule has 4 N–H and O–H groups in total. The summed E-state index contributed by atoms with van der Waals surface area (Å²) in [6, 6.07) is -0.441. The fourth-order valence-electron chi connectivity index (χ4n) is 3.52. The minimum Gasteiger partial charge on any atom is -0.373 e. The van der Waals surface area contributed by atoms with Crippen LogP contribution in [0.4, 0.5) is 4.79 Å². The molecule has 2 fully saturated rings. The number of nitrogens with one attached hydrogen (secondary N) is 2. The van der Waals surface area contributed by atoms with Gasteiger partial charge in [-0.25, -0.2) is 4.79 Å². The Bertz CT molecular complexity index is 318. The Balaban J connectivity index is 2.15. The highest BCUT2D eigenvalue weighted by atomic mass is 16.5. The van der Waals surface area contributed by atoms with E-state index < -0.39 is 0 Å². The van der Waals surface area contributed by atoms with Crippen molar-refractivity contribution in [3.8, 4) is 0 Å². The first-order valence-electron chi connectivity index (χ1n) is 8.41. The fraction of sp³-hybridized carbons (Fsp3) is 0.933. The summed E-state index contributed by atoms with van der Waals surface area (Å²) in [5.74, 6) is 0. The van der Waals surface area contributed by atoms with Crippen LogP contribution in [0.3, 0.4) is 0 Å². The molecule has 22 heavy (non-hydrogen) atoms. The van der Waals surface area contributed by atoms with E-state index in [0.29, 0.717) is 13.2 Å². The van der Waals surface area contributed by atoms with Crippen molar-refractivity contribution in [2.45, 2.75) is 51.0 Å². The number of primary amides is 1. The summed E-state index contributed by atoms with van der Waals surface area (Å²) < 4.78 is 11.8. The smallest absolute Gasteiger partial charge is 0.315 e. The lowest BCUT2D eigenvalue weighted by atomic mass is 9.98. The SMILES string of the molecule is CCC(C1CNCCO1)N(C(N)=O)C(CC)C1CNCCO1. The monoisotopic (exact) mass is 314 g/mol. The molecule has 0 bridgehead atoms. The van der Waals surface area contributed by atoms with Gasteiger partial charge in [0.05, 0.1) is 37.5 Å². The van der Waals surface area contributed by atoms with Gasteiger partial charge in [-0.2, -0.15) is 0 Å². The zero-order valence-electron chi connectivity index (χ0n) is 13.7. The van der Waals surface area contributed by atoms with Crippen LogP contribution in [0.15, 0.2) is 0 Å². The van der Waals surface area contributed by atoms with E-state index in [-0.39, 0.29) is 30.3 Å². The molecular formula is C15H30N4O3. The maximum Gasteiger partial charge on any atom is 0.315 e. The van der Waals surface area contributed by atoms with Gasteiger partial charge >= 0.3 is 6.03 Å². The molecule has 2 aliphatic rings. The summed E-state index contributed by atoms with van der Waals surface area (Å²) in [4.78, 5) is 14.0. The van der Waals surface area contributed by atoms with Crippen LogP contribution < -0.4 is 16.4 Å². The van der Waals surface area contributed by atoms with Gasteiger partial charge in [-0.15, -0.1) is 0 Å². The second-order valence-electron chi connectivity index (χ2n) is 5.92. The van der Waals surface area contributed by atoms with Crippen LogP contribution in [0.2, 0.25) is 0 Å². The van der Waals surface area contributed by atoms with E-state index >= 15 is 0 Å². The van der Waals surface area contributed by atoms with E-state index in [0.717, 1.165) is 39.0 Å². The first-order valence-corrected chi connectivity index (χ1v) is 8.41. The summed E-state index contributed by atoms with van der Waals surface area (Å²) in [6.45, 7) is 8.71. The molecule has 2 rings (SSSR count). The van der Waals surface area contributed by atoms with Crippen molar-refractivity contribution >= 4 is 6.03 Å². The zero-order valence-corrected chi connectivity index (χ0v) is 13.7. The number of carbonyl (C=O) groups is 1. The predicted octanol–water partition coefficient (Wildman–Crippen LogP) is -0.0989. The maximum absolute atomic E-state index is 12.2. The van der Waals surface area contributed by atoms with Crippen LogP contribution in [-0.4, -0.2) is 74.6 Å². The molecule has 2 amide bonds. The third-order valence-corrected chi connectivity index (χ3v) is 4.58. The normalized spacial score (nSPS) is 28.8. The summed E-state index contributed by atoms with van der Waals surface area (Å²) >= 11 is 0. The van der Waals surface area contributed by atoms with Gasteiger partial charge in [0.15, 0.2) is 0 Å². The number of hydrogen-bond donors (Lipinski definition) is 3. The molecule has 0 aliphatic carbocycles. The predicted molar refractivity (Wildman–Crippen MR) is 84.8 cm³/mol. The lowest BCUT2D eigenvalue weighted by Gasteiger charge is -2.44. The Kier molecular flexibility index (Phi) is 6.88. The Hall–Kier alpha value is -0.890. The molecule has 0 spiro atoms. The quantitative estimate of drug-likeness (QED) is 0.637. The molecule has 4 atom stereocenters. The van der Waals surface area contributed by atoms with E-state index in [1.807, 2.05) is 0 Å². The number of carbonyl (C=O) groups excluding carboxylic acids is 1. The van der Waals surface area contributed by atoms with Crippen LogP contribution in [0.5, 0.6) is 0 Å². The first-order chi connectivity index (χ1) is 10.7. The Labute approximate surface area is 132 Å². The number of urea groups is 1. The molecule has 0 aromatic rings. The molecule has 128 valence electrons. The van der Waals surface area contributed by atoms with E-state index in [1.54, 1.807) is 4.90 Å². The molecule has 2 heterocycles. The van der Waals surface area contributed by atoms with Gasteiger partial charge in [-0.1, -0.05) is 13.8 Å². The first kappa shape index (κ1) is 17.5. The van der Waals surface area contributed by atoms with Gasteiger partial charge in [0, 0.05) is 26.2 Å². The highest BCUT2D eigenvalue weighted by molar-refractivity contribution is 5.73. The van der Waals surface area contributed by atoms with Crippen molar-refractivity contribution in [1.82, 2.24) is 15.5 Å². The van der Waals surface area contributed by atoms with Crippen LogP contribution in [-0.2, 0) is 9.47 Å². The number of nitrogens with two attached hydrogens (primary N) is 1. The van der Waals surface area contributed by atoms with Crippen molar-refractivity contribution in [2.24, 2.45) is 5.73 Å². The van der Waals surface area contributed by atoms with E-state index in [2.05, 4.69) is 24.5 Å². The van der Waals surface area contributed by atoms with Crippen molar-refractivity contribution in [3.05, 3.63) is 0 Å².